The Balaban J connectivity index is 1.96. The fraction of sp³-hybridized carbons (Fsp3) is 0.357. The summed E-state index contributed by atoms with van der Waals surface area (Å²) in [7, 11) is 1.57. The molecule has 0 unspecified atom stereocenters. The van der Waals surface area contributed by atoms with Gasteiger partial charge in [-0.05, 0) is 47.0 Å². The van der Waals surface area contributed by atoms with Crippen LogP contribution in [0, 0.1) is 13.8 Å². The van der Waals surface area contributed by atoms with Gasteiger partial charge in [0.05, 0.1) is 4.47 Å². The number of aromatic nitrogens is 2. The lowest BCUT2D eigenvalue weighted by Crippen LogP contribution is -2.20. The Morgan fingerprint density at radius 2 is 2.17 bits per heavy atom. The number of nitrogens with one attached hydrogen (secondary N) is 1. The molecular formula is C14H15BrClN3O3S. The topological polar surface area (TPSA) is 73.3 Å². The molecule has 0 spiro atoms. The van der Waals surface area contributed by atoms with Gasteiger partial charge in [0, 0.05) is 12.1 Å². The molecule has 0 atom stereocenters. The van der Waals surface area contributed by atoms with E-state index >= 15 is 0 Å². The summed E-state index contributed by atoms with van der Waals surface area (Å²) in [5.41, 5.74) is 1.76. The molecule has 2 rings (SSSR count). The van der Waals surface area contributed by atoms with Crippen LogP contribution in [0.2, 0.25) is 5.02 Å². The van der Waals surface area contributed by atoms with Crippen molar-refractivity contribution in [1.29, 1.82) is 0 Å². The van der Waals surface area contributed by atoms with Gasteiger partial charge >= 0.3 is 0 Å². The minimum absolute atomic E-state index is 0.141. The number of anilines is 1. The smallest absolute Gasteiger partial charge is 0.264 e. The molecule has 0 radical (unpaired) electrons. The second kappa shape index (κ2) is 8.05. The van der Waals surface area contributed by atoms with E-state index in [4.69, 9.17) is 21.1 Å². The van der Waals surface area contributed by atoms with Crippen molar-refractivity contribution in [3.63, 3.8) is 0 Å². The highest BCUT2D eigenvalue weighted by Gasteiger charge is 2.13. The van der Waals surface area contributed by atoms with Gasteiger partial charge in [0.25, 0.3) is 5.91 Å². The number of aryl methyl sites for hydroxylation is 1. The Morgan fingerprint density at radius 1 is 1.43 bits per heavy atom. The molecule has 1 aromatic heterocycles. The van der Waals surface area contributed by atoms with Crippen LogP contribution in [0.4, 0.5) is 5.13 Å². The van der Waals surface area contributed by atoms with Gasteiger partial charge in [-0.25, -0.2) is 0 Å². The molecule has 9 heteroatoms. The van der Waals surface area contributed by atoms with E-state index in [0.717, 1.165) is 15.6 Å². The van der Waals surface area contributed by atoms with Crippen molar-refractivity contribution in [2.45, 2.75) is 20.5 Å². The summed E-state index contributed by atoms with van der Waals surface area (Å²) in [6.45, 7) is 3.98. The summed E-state index contributed by atoms with van der Waals surface area (Å²) in [5, 5.41) is 12.2. The molecule has 1 amide bonds. The maximum absolute atomic E-state index is 11.9. The lowest BCUT2D eigenvalue weighted by Gasteiger charge is -2.12. The number of halogens is 2. The van der Waals surface area contributed by atoms with Crippen LogP contribution in [0.15, 0.2) is 10.5 Å². The van der Waals surface area contributed by atoms with Gasteiger partial charge in [0.1, 0.15) is 17.4 Å². The van der Waals surface area contributed by atoms with E-state index in [1.165, 1.54) is 11.3 Å². The Kier molecular flexibility index (Phi) is 6.34. The van der Waals surface area contributed by atoms with Gasteiger partial charge in [0.2, 0.25) is 5.13 Å². The number of methoxy groups -OCH3 is 1. The average molecular weight is 421 g/mol. The summed E-state index contributed by atoms with van der Waals surface area (Å²) in [4.78, 5) is 11.9. The zero-order chi connectivity index (χ0) is 17.0. The van der Waals surface area contributed by atoms with Gasteiger partial charge in [-0.3, -0.25) is 10.1 Å². The third-order valence-corrected chi connectivity index (χ3v) is 5.29. The van der Waals surface area contributed by atoms with E-state index in [-0.39, 0.29) is 12.5 Å². The first-order valence-corrected chi connectivity index (χ1v) is 8.60. The number of carbonyl (C=O) groups is 1. The van der Waals surface area contributed by atoms with E-state index in [0.29, 0.717) is 27.5 Å². The summed E-state index contributed by atoms with van der Waals surface area (Å²) in [6, 6.07) is 1.79. The number of hydrogen-bond donors (Lipinski definition) is 1. The van der Waals surface area contributed by atoms with Crippen LogP contribution in [0.1, 0.15) is 16.1 Å². The molecule has 23 heavy (non-hydrogen) atoms. The largest absolute Gasteiger partial charge is 0.483 e. The molecule has 0 aliphatic heterocycles. The van der Waals surface area contributed by atoms with Crippen LogP contribution >= 0.6 is 38.9 Å². The Labute approximate surface area is 151 Å². The Morgan fingerprint density at radius 3 is 2.87 bits per heavy atom. The average Bonchev–Trinajstić information content (AvgIpc) is 2.95. The zero-order valence-corrected chi connectivity index (χ0v) is 15.9. The Hall–Kier alpha value is -1.22. The fourth-order valence-corrected chi connectivity index (χ4v) is 3.21. The SMILES string of the molecule is COCc1nnc(NC(=O)COc2cc(C)c(Cl)c(C)c2Br)s1. The maximum atomic E-state index is 11.9. The number of ether oxygens (including phenoxy) is 2. The van der Waals surface area contributed by atoms with Crippen LogP contribution in [-0.2, 0) is 16.1 Å². The maximum Gasteiger partial charge on any atom is 0.264 e. The summed E-state index contributed by atoms with van der Waals surface area (Å²) >= 11 is 10.8. The third-order valence-electron chi connectivity index (χ3n) is 2.91. The summed E-state index contributed by atoms with van der Waals surface area (Å²) in [6.07, 6.45) is 0. The van der Waals surface area contributed by atoms with Crippen molar-refractivity contribution in [3.8, 4) is 5.75 Å². The standard InChI is InChI=1S/C14H15BrClN3O3S/c1-7-4-9(12(15)8(2)13(7)16)22-5-10(20)17-14-19-18-11(23-14)6-21-3/h4H,5-6H2,1-3H3,(H,17,19,20). The van der Waals surface area contributed by atoms with Crippen LogP contribution in [0.3, 0.4) is 0 Å². The van der Waals surface area contributed by atoms with E-state index in [1.807, 2.05) is 13.8 Å². The molecule has 0 bridgehead atoms. The highest BCUT2D eigenvalue weighted by Crippen LogP contribution is 2.35. The molecule has 0 saturated heterocycles. The highest BCUT2D eigenvalue weighted by atomic mass is 79.9. The van der Waals surface area contributed by atoms with Gasteiger partial charge in [-0.1, -0.05) is 22.9 Å². The minimum atomic E-state index is -0.317. The zero-order valence-electron chi connectivity index (χ0n) is 12.8. The molecule has 1 heterocycles. The van der Waals surface area contributed by atoms with Gasteiger partial charge in [0.15, 0.2) is 6.61 Å². The van der Waals surface area contributed by atoms with E-state index in [2.05, 4.69) is 31.4 Å². The third kappa shape index (κ3) is 4.63. The number of amides is 1. The van der Waals surface area contributed by atoms with Crippen molar-refractivity contribution in [2.24, 2.45) is 0 Å². The first-order chi connectivity index (χ1) is 10.9. The summed E-state index contributed by atoms with van der Waals surface area (Å²) < 4.78 is 11.2. The van der Waals surface area contributed by atoms with Crippen molar-refractivity contribution in [1.82, 2.24) is 10.2 Å². The first-order valence-electron chi connectivity index (χ1n) is 6.61. The normalized spacial score (nSPS) is 10.7. The number of hydrogen-bond acceptors (Lipinski definition) is 6. The van der Waals surface area contributed by atoms with Crippen LogP contribution in [0.25, 0.3) is 0 Å². The minimum Gasteiger partial charge on any atom is -0.483 e. The molecule has 6 nitrogen and oxygen atoms in total. The molecular weight excluding hydrogens is 406 g/mol. The number of carbonyl (C=O) groups excluding carboxylic acids is 1. The molecule has 0 aliphatic rings. The number of benzene rings is 1. The predicted molar refractivity (Wildman–Crippen MR) is 93.4 cm³/mol. The first kappa shape index (κ1) is 18.1. The van der Waals surface area contributed by atoms with Gasteiger partial charge < -0.3 is 9.47 Å². The quantitative estimate of drug-likeness (QED) is 0.771. The van der Waals surface area contributed by atoms with Crippen LogP contribution < -0.4 is 10.1 Å². The van der Waals surface area contributed by atoms with Gasteiger partial charge in [-0.2, -0.15) is 0 Å². The van der Waals surface area contributed by atoms with Crippen LogP contribution in [0.5, 0.6) is 5.75 Å². The summed E-state index contributed by atoms with van der Waals surface area (Å²) in [5.74, 6) is 0.249. The monoisotopic (exact) mass is 419 g/mol. The number of nitrogens with zero attached hydrogens (tertiary/aromatic N) is 2. The lowest BCUT2D eigenvalue weighted by molar-refractivity contribution is -0.118. The van der Waals surface area contributed by atoms with Gasteiger partial charge in [-0.15, -0.1) is 10.2 Å². The van der Waals surface area contributed by atoms with E-state index < -0.39 is 0 Å². The highest BCUT2D eigenvalue weighted by molar-refractivity contribution is 9.10. The van der Waals surface area contributed by atoms with Crippen LogP contribution in [-0.4, -0.2) is 29.8 Å². The molecule has 2 aromatic rings. The lowest BCUT2D eigenvalue weighted by atomic mass is 10.1. The van der Waals surface area contributed by atoms with Crippen molar-refractivity contribution in [3.05, 3.63) is 31.7 Å². The molecule has 1 N–H and O–H groups in total. The fourth-order valence-electron chi connectivity index (χ4n) is 1.79. The second-order valence-corrected chi connectivity index (χ2v) is 6.95. The molecule has 124 valence electrons. The molecule has 0 saturated carbocycles. The molecule has 0 fully saturated rings. The van der Waals surface area contributed by atoms with E-state index in [9.17, 15) is 4.79 Å². The predicted octanol–water partition coefficient (Wildman–Crippen LogP) is 3.73. The molecule has 1 aromatic carbocycles. The Bertz CT molecular complexity index is 724. The second-order valence-electron chi connectivity index (χ2n) is 4.72. The van der Waals surface area contributed by atoms with Crippen molar-refractivity contribution in [2.75, 3.05) is 19.0 Å². The van der Waals surface area contributed by atoms with Crippen molar-refractivity contribution >= 4 is 49.9 Å². The molecule has 0 aliphatic carbocycles. The number of rotatable bonds is 6. The van der Waals surface area contributed by atoms with Crippen molar-refractivity contribution < 1.29 is 14.3 Å². The van der Waals surface area contributed by atoms with E-state index in [1.54, 1.807) is 13.2 Å².